The van der Waals surface area contributed by atoms with Crippen molar-refractivity contribution in [1.82, 2.24) is 20.2 Å². The molecule has 0 saturated heterocycles. The van der Waals surface area contributed by atoms with Crippen LogP contribution in [0.3, 0.4) is 0 Å². The van der Waals surface area contributed by atoms with E-state index in [9.17, 15) is 10.1 Å². The molecule has 0 N–H and O–H groups in total. The summed E-state index contributed by atoms with van der Waals surface area (Å²) in [6.45, 7) is 3.74. The number of hydrogen-bond donors (Lipinski definition) is 0. The number of aromatic nitrogens is 4. The van der Waals surface area contributed by atoms with Crippen molar-refractivity contribution in [3.8, 4) is 11.3 Å². The van der Waals surface area contributed by atoms with Crippen LogP contribution in [0.4, 0.5) is 5.69 Å². The van der Waals surface area contributed by atoms with Gasteiger partial charge >= 0.3 is 0 Å². The van der Waals surface area contributed by atoms with Crippen molar-refractivity contribution < 1.29 is 4.92 Å². The van der Waals surface area contributed by atoms with E-state index < -0.39 is 4.92 Å². The minimum atomic E-state index is -0.492. The summed E-state index contributed by atoms with van der Waals surface area (Å²) in [5.74, 6) is 0. The third kappa shape index (κ3) is 2.46. The van der Waals surface area contributed by atoms with Crippen molar-refractivity contribution in [3.05, 3.63) is 70.1 Å². The highest BCUT2D eigenvalue weighted by molar-refractivity contribution is 6.33. The van der Waals surface area contributed by atoms with Crippen molar-refractivity contribution in [1.29, 1.82) is 0 Å². The Morgan fingerprint density at radius 1 is 1.15 bits per heavy atom. The predicted octanol–water partition coefficient (Wildman–Crippen LogP) is 4.44. The van der Waals surface area contributed by atoms with E-state index in [-0.39, 0.29) is 11.2 Å². The van der Waals surface area contributed by atoms with E-state index in [1.165, 1.54) is 12.3 Å². The van der Waals surface area contributed by atoms with Gasteiger partial charge in [-0.15, -0.1) is 5.10 Å². The third-order valence-corrected chi connectivity index (χ3v) is 4.32. The first-order valence-electron chi connectivity index (χ1n) is 7.57. The molecule has 2 aromatic carbocycles. The summed E-state index contributed by atoms with van der Waals surface area (Å²) in [7, 11) is 0. The second-order valence-electron chi connectivity index (χ2n) is 5.48. The van der Waals surface area contributed by atoms with Gasteiger partial charge in [0.2, 0.25) is 0 Å². The molecular weight excluding hydrogens is 354 g/mol. The van der Waals surface area contributed by atoms with Crippen LogP contribution in [0.5, 0.6) is 0 Å². The molecule has 8 heteroatoms. The number of nitro groups is 1. The Balaban J connectivity index is 2.26. The molecule has 0 saturated carbocycles. The number of nitrogens with zero attached hydrogens (tertiary/aromatic N) is 5. The van der Waals surface area contributed by atoms with Gasteiger partial charge in [0, 0.05) is 22.0 Å². The first-order valence-corrected chi connectivity index (χ1v) is 7.95. The standard InChI is InChI=1S/C18H10ClN5O2/c1-2-10-8-20-16-12(17(22-10)11-5-3-4-6-14(11)19)7-15(24(25)26)18-13(16)9-21-23-18/h2-9H,1H2. The van der Waals surface area contributed by atoms with Gasteiger partial charge in [0.05, 0.1) is 39.6 Å². The molecule has 0 amide bonds. The van der Waals surface area contributed by atoms with Crippen LogP contribution in [-0.4, -0.2) is 25.1 Å². The fraction of sp³-hybridized carbons (Fsp3) is 0. The van der Waals surface area contributed by atoms with E-state index in [1.54, 1.807) is 30.5 Å². The topological polar surface area (TPSA) is 94.7 Å². The quantitative estimate of drug-likeness (QED) is 0.394. The molecule has 7 nitrogen and oxygen atoms in total. The number of halogens is 1. The Hall–Kier alpha value is -3.45. The maximum absolute atomic E-state index is 11.5. The number of benzene rings is 2. The van der Waals surface area contributed by atoms with Crippen LogP contribution in [0.2, 0.25) is 5.02 Å². The summed E-state index contributed by atoms with van der Waals surface area (Å²) < 4.78 is 0. The van der Waals surface area contributed by atoms with E-state index in [1.807, 2.05) is 6.07 Å². The molecule has 0 radical (unpaired) electrons. The molecule has 4 aromatic rings. The summed E-state index contributed by atoms with van der Waals surface area (Å²) in [4.78, 5) is 20.1. The number of non-ortho nitro benzene ring substituents is 1. The molecule has 0 atom stereocenters. The lowest BCUT2D eigenvalue weighted by Crippen LogP contribution is -1.92. The zero-order valence-corrected chi connectivity index (χ0v) is 14.0. The second-order valence-corrected chi connectivity index (χ2v) is 5.89. The number of rotatable bonds is 3. The van der Waals surface area contributed by atoms with Gasteiger partial charge in [-0.3, -0.25) is 15.1 Å². The van der Waals surface area contributed by atoms with Crippen molar-refractivity contribution >= 4 is 45.2 Å². The van der Waals surface area contributed by atoms with Crippen molar-refractivity contribution in [2.75, 3.05) is 0 Å². The van der Waals surface area contributed by atoms with E-state index in [0.29, 0.717) is 38.3 Å². The number of nitro benzene ring substituents is 1. The maximum Gasteiger partial charge on any atom is 0.298 e. The van der Waals surface area contributed by atoms with E-state index in [0.717, 1.165) is 0 Å². The lowest BCUT2D eigenvalue weighted by atomic mass is 10.0. The Labute approximate surface area is 152 Å². The Morgan fingerprint density at radius 2 is 1.96 bits per heavy atom. The maximum atomic E-state index is 11.5. The molecule has 2 heterocycles. The molecule has 0 aliphatic carbocycles. The van der Waals surface area contributed by atoms with E-state index in [2.05, 4.69) is 26.7 Å². The Morgan fingerprint density at radius 3 is 2.69 bits per heavy atom. The summed E-state index contributed by atoms with van der Waals surface area (Å²) in [5, 5.41) is 20.7. The van der Waals surface area contributed by atoms with Crippen LogP contribution in [0.1, 0.15) is 5.69 Å². The SMILES string of the molecule is C=Cc1cnc2c(cc([N+](=O)[O-])c3nncc32)c(-c2ccccc2Cl)n1. The molecule has 0 unspecified atom stereocenters. The van der Waals surface area contributed by atoms with Crippen LogP contribution in [0.15, 0.2) is 49.3 Å². The summed E-state index contributed by atoms with van der Waals surface area (Å²) >= 11 is 6.35. The van der Waals surface area contributed by atoms with Crippen LogP contribution < -0.4 is 0 Å². The average molecular weight is 364 g/mol. The van der Waals surface area contributed by atoms with Crippen LogP contribution in [-0.2, 0) is 0 Å². The van der Waals surface area contributed by atoms with Crippen molar-refractivity contribution in [2.45, 2.75) is 0 Å². The van der Waals surface area contributed by atoms with Crippen LogP contribution in [0.25, 0.3) is 39.1 Å². The zero-order chi connectivity index (χ0) is 18.3. The van der Waals surface area contributed by atoms with Crippen LogP contribution >= 0.6 is 11.6 Å². The normalized spacial score (nSPS) is 11.0. The Bertz CT molecular complexity index is 1210. The fourth-order valence-corrected chi connectivity index (χ4v) is 3.03. The first-order chi connectivity index (χ1) is 12.6. The monoisotopic (exact) mass is 363 g/mol. The largest absolute Gasteiger partial charge is 0.298 e. The van der Waals surface area contributed by atoms with Gasteiger partial charge in [0.1, 0.15) is 0 Å². The van der Waals surface area contributed by atoms with Gasteiger partial charge in [-0.25, -0.2) is 4.98 Å². The molecule has 0 aliphatic heterocycles. The molecule has 2 aromatic heterocycles. The molecule has 0 spiro atoms. The van der Waals surface area contributed by atoms with Gasteiger partial charge < -0.3 is 0 Å². The minimum absolute atomic E-state index is 0.159. The summed E-state index contributed by atoms with van der Waals surface area (Å²) in [5.41, 5.74) is 2.16. The number of fused-ring (bicyclic) bond motifs is 3. The van der Waals surface area contributed by atoms with Gasteiger partial charge in [0.25, 0.3) is 5.69 Å². The Kier molecular flexibility index (Phi) is 3.78. The predicted molar refractivity (Wildman–Crippen MR) is 99.8 cm³/mol. The zero-order valence-electron chi connectivity index (χ0n) is 13.3. The molecule has 0 fully saturated rings. The molecule has 126 valence electrons. The summed E-state index contributed by atoms with van der Waals surface area (Å²) in [6.07, 6.45) is 4.56. The van der Waals surface area contributed by atoms with E-state index in [4.69, 9.17) is 11.6 Å². The molecule has 0 aliphatic rings. The lowest BCUT2D eigenvalue weighted by molar-refractivity contribution is -0.383. The third-order valence-electron chi connectivity index (χ3n) is 3.99. The van der Waals surface area contributed by atoms with Gasteiger partial charge in [0.15, 0.2) is 5.52 Å². The molecule has 0 bridgehead atoms. The highest BCUT2D eigenvalue weighted by Gasteiger charge is 2.21. The number of hydrogen-bond acceptors (Lipinski definition) is 6. The van der Waals surface area contributed by atoms with E-state index >= 15 is 0 Å². The summed E-state index contributed by atoms with van der Waals surface area (Å²) in [6, 6.07) is 8.57. The lowest BCUT2D eigenvalue weighted by Gasteiger charge is -2.05. The van der Waals surface area contributed by atoms with Gasteiger partial charge in [-0.05, 0) is 12.1 Å². The van der Waals surface area contributed by atoms with Gasteiger partial charge in [-0.2, -0.15) is 5.10 Å². The molecule has 26 heavy (non-hydrogen) atoms. The second kappa shape index (κ2) is 6.12. The van der Waals surface area contributed by atoms with Crippen molar-refractivity contribution in [3.63, 3.8) is 0 Å². The minimum Gasteiger partial charge on any atom is -0.258 e. The van der Waals surface area contributed by atoms with Gasteiger partial charge in [-0.1, -0.05) is 36.4 Å². The average Bonchev–Trinajstić information content (AvgIpc) is 3.04. The molecule has 4 rings (SSSR count). The molecular formula is C18H10ClN5O2. The highest BCUT2D eigenvalue weighted by atomic mass is 35.5. The van der Waals surface area contributed by atoms with Crippen molar-refractivity contribution in [2.24, 2.45) is 0 Å². The van der Waals surface area contributed by atoms with Crippen LogP contribution in [0, 0.1) is 10.1 Å². The first kappa shape index (κ1) is 16.0. The smallest absolute Gasteiger partial charge is 0.258 e. The highest BCUT2D eigenvalue weighted by Crippen LogP contribution is 2.36. The fourth-order valence-electron chi connectivity index (χ4n) is 2.80.